The molecule has 0 bridgehead atoms. The molecule has 0 radical (unpaired) electrons. The molecule has 1 fully saturated rings. The molecule has 0 aromatic carbocycles. The molecule has 1 aromatic rings. The van der Waals surface area contributed by atoms with Crippen LogP contribution in [0.4, 0.5) is 11.5 Å². The number of rotatable bonds is 3. The van der Waals surface area contributed by atoms with Gasteiger partial charge >= 0.3 is 0 Å². The van der Waals surface area contributed by atoms with E-state index in [0.717, 1.165) is 18.7 Å². The molecule has 0 amide bonds. The Labute approximate surface area is 102 Å². The van der Waals surface area contributed by atoms with Crippen LogP contribution in [-0.2, 0) is 6.42 Å². The monoisotopic (exact) mass is 235 g/mol. The van der Waals surface area contributed by atoms with Gasteiger partial charge in [-0.05, 0) is 32.0 Å². The number of aromatic nitrogens is 2. The number of nitrogens with two attached hydrogens (primary N) is 2. The zero-order chi connectivity index (χ0) is 12.3. The Hall–Kier alpha value is -1.36. The summed E-state index contributed by atoms with van der Waals surface area (Å²) in [6.07, 6.45) is 4.77. The number of piperidine rings is 1. The fourth-order valence-electron chi connectivity index (χ4n) is 2.51. The summed E-state index contributed by atoms with van der Waals surface area (Å²) in [5, 5.41) is 8.00. The number of likely N-dealkylation sites (tertiary alicyclic amines) is 1. The van der Waals surface area contributed by atoms with E-state index in [1.807, 2.05) is 6.07 Å². The largest absolute Gasteiger partial charge is 0.396 e. The minimum atomic E-state index is 0.324. The SMILES string of the molecule is CCN1CCCCC1Cc1cc(N)c(N)nn1. The quantitative estimate of drug-likeness (QED) is 0.818. The number of nitrogen functional groups attached to an aromatic ring is 2. The van der Waals surface area contributed by atoms with Gasteiger partial charge in [0.15, 0.2) is 5.82 Å². The van der Waals surface area contributed by atoms with Crippen molar-refractivity contribution in [1.82, 2.24) is 15.1 Å². The maximum absolute atomic E-state index is 5.75. The van der Waals surface area contributed by atoms with Crippen LogP contribution < -0.4 is 11.5 Å². The standard InChI is InChI=1S/C12H21N5/c1-2-17-6-4-3-5-10(17)7-9-8-11(13)12(14)16-15-9/h8,10H,2-7H2,1H3,(H2,13,15)(H2,14,16). The van der Waals surface area contributed by atoms with Gasteiger partial charge in [0, 0.05) is 12.5 Å². The average molecular weight is 235 g/mol. The first-order valence-corrected chi connectivity index (χ1v) is 6.32. The van der Waals surface area contributed by atoms with E-state index < -0.39 is 0 Å². The maximum atomic E-state index is 5.75. The van der Waals surface area contributed by atoms with Crippen molar-refractivity contribution in [2.45, 2.75) is 38.6 Å². The van der Waals surface area contributed by atoms with Gasteiger partial charge in [-0.2, -0.15) is 5.10 Å². The molecule has 0 aliphatic carbocycles. The van der Waals surface area contributed by atoms with Crippen LogP contribution in [0.2, 0.25) is 0 Å². The second-order valence-electron chi connectivity index (χ2n) is 4.66. The van der Waals surface area contributed by atoms with Crippen molar-refractivity contribution in [2.24, 2.45) is 0 Å². The maximum Gasteiger partial charge on any atom is 0.169 e. The van der Waals surface area contributed by atoms with Crippen molar-refractivity contribution in [3.05, 3.63) is 11.8 Å². The molecule has 2 rings (SSSR count). The van der Waals surface area contributed by atoms with Crippen LogP contribution in [-0.4, -0.2) is 34.2 Å². The zero-order valence-electron chi connectivity index (χ0n) is 10.4. The molecule has 0 saturated carbocycles. The normalized spacial score (nSPS) is 21.6. The van der Waals surface area contributed by atoms with Gasteiger partial charge in [0.05, 0.1) is 11.4 Å². The highest BCUT2D eigenvalue weighted by molar-refractivity contribution is 5.57. The number of nitrogens with zero attached hydrogens (tertiary/aromatic N) is 3. The van der Waals surface area contributed by atoms with Crippen molar-refractivity contribution >= 4 is 11.5 Å². The Morgan fingerprint density at radius 3 is 2.88 bits per heavy atom. The molecule has 17 heavy (non-hydrogen) atoms. The van der Waals surface area contributed by atoms with E-state index in [4.69, 9.17) is 11.5 Å². The Bertz CT molecular complexity index is 379. The minimum Gasteiger partial charge on any atom is -0.396 e. The van der Waals surface area contributed by atoms with Crippen LogP contribution in [0.3, 0.4) is 0 Å². The lowest BCUT2D eigenvalue weighted by Gasteiger charge is -2.34. The Morgan fingerprint density at radius 1 is 1.35 bits per heavy atom. The van der Waals surface area contributed by atoms with Crippen LogP contribution in [0.5, 0.6) is 0 Å². The first-order valence-electron chi connectivity index (χ1n) is 6.32. The summed E-state index contributed by atoms with van der Waals surface area (Å²) in [6, 6.07) is 2.43. The summed E-state index contributed by atoms with van der Waals surface area (Å²) in [5.74, 6) is 0.324. The summed E-state index contributed by atoms with van der Waals surface area (Å²) >= 11 is 0. The Morgan fingerprint density at radius 2 is 2.18 bits per heavy atom. The molecule has 5 nitrogen and oxygen atoms in total. The van der Waals surface area contributed by atoms with E-state index >= 15 is 0 Å². The Kier molecular flexibility index (Phi) is 3.78. The van der Waals surface area contributed by atoms with E-state index in [2.05, 4.69) is 22.0 Å². The van der Waals surface area contributed by atoms with Crippen LogP contribution >= 0.6 is 0 Å². The molecule has 1 unspecified atom stereocenters. The van der Waals surface area contributed by atoms with E-state index in [1.165, 1.54) is 25.8 Å². The molecule has 1 aliphatic rings. The van der Waals surface area contributed by atoms with Crippen molar-refractivity contribution in [1.29, 1.82) is 0 Å². The van der Waals surface area contributed by atoms with Crippen molar-refractivity contribution < 1.29 is 0 Å². The summed E-state index contributed by atoms with van der Waals surface area (Å²) in [7, 11) is 0. The third-order valence-corrected chi connectivity index (χ3v) is 3.50. The highest BCUT2D eigenvalue weighted by atomic mass is 15.2. The number of hydrogen-bond acceptors (Lipinski definition) is 5. The van der Waals surface area contributed by atoms with Gasteiger partial charge in [-0.25, -0.2) is 0 Å². The van der Waals surface area contributed by atoms with E-state index in [-0.39, 0.29) is 0 Å². The third kappa shape index (κ3) is 2.85. The van der Waals surface area contributed by atoms with E-state index in [1.54, 1.807) is 0 Å². The predicted octanol–water partition coefficient (Wildman–Crippen LogP) is 1.06. The van der Waals surface area contributed by atoms with Gasteiger partial charge in [0.25, 0.3) is 0 Å². The molecular formula is C12H21N5. The smallest absolute Gasteiger partial charge is 0.169 e. The number of hydrogen-bond donors (Lipinski definition) is 2. The van der Waals surface area contributed by atoms with Crippen LogP contribution in [0.15, 0.2) is 6.07 Å². The lowest BCUT2D eigenvalue weighted by atomic mass is 9.98. The topological polar surface area (TPSA) is 81.1 Å². The summed E-state index contributed by atoms with van der Waals surface area (Å²) in [4.78, 5) is 2.51. The number of anilines is 2. The zero-order valence-corrected chi connectivity index (χ0v) is 10.4. The minimum absolute atomic E-state index is 0.324. The van der Waals surface area contributed by atoms with Crippen LogP contribution in [0.25, 0.3) is 0 Å². The highest BCUT2D eigenvalue weighted by Gasteiger charge is 2.21. The molecule has 1 aliphatic heterocycles. The van der Waals surface area contributed by atoms with Gasteiger partial charge < -0.3 is 16.4 Å². The second kappa shape index (κ2) is 5.31. The Balaban J connectivity index is 2.05. The summed E-state index contributed by atoms with van der Waals surface area (Å²) in [5.41, 5.74) is 12.8. The molecule has 4 N–H and O–H groups in total. The summed E-state index contributed by atoms with van der Waals surface area (Å²) in [6.45, 7) is 4.50. The fraction of sp³-hybridized carbons (Fsp3) is 0.667. The molecular weight excluding hydrogens is 214 g/mol. The first-order chi connectivity index (χ1) is 8.20. The fourth-order valence-corrected chi connectivity index (χ4v) is 2.51. The second-order valence-corrected chi connectivity index (χ2v) is 4.66. The third-order valence-electron chi connectivity index (χ3n) is 3.50. The molecule has 0 spiro atoms. The van der Waals surface area contributed by atoms with Crippen molar-refractivity contribution in [2.75, 3.05) is 24.6 Å². The highest BCUT2D eigenvalue weighted by Crippen LogP contribution is 2.20. The van der Waals surface area contributed by atoms with E-state index in [0.29, 0.717) is 17.5 Å². The predicted molar refractivity (Wildman–Crippen MR) is 69.4 cm³/mol. The van der Waals surface area contributed by atoms with Crippen LogP contribution in [0, 0.1) is 0 Å². The molecule has 5 heteroatoms. The average Bonchev–Trinajstić information content (AvgIpc) is 2.34. The molecule has 1 atom stereocenters. The van der Waals surface area contributed by atoms with Crippen LogP contribution in [0.1, 0.15) is 31.9 Å². The van der Waals surface area contributed by atoms with E-state index in [9.17, 15) is 0 Å². The van der Waals surface area contributed by atoms with Gasteiger partial charge in [0.2, 0.25) is 0 Å². The van der Waals surface area contributed by atoms with Gasteiger partial charge in [-0.15, -0.1) is 5.10 Å². The summed E-state index contributed by atoms with van der Waals surface area (Å²) < 4.78 is 0. The first kappa shape index (κ1) is 12.1. The molecule has 94 valence electrons. The molecule has 1 saturated heterocycles. The van der Waals surface area contributed by atoms with Gasteiger partial charge in [-0.1, -0.05) is 13.3 Å². The molecule has 1 aromatic heterocycles. The van der Waals surface area contributed by atoms with Crippen molar-refractivity contribution in [3.8, 4) is 0 Å². The van der Waals surface area contributed by atoms with Gasteiger partial charge in [-0.3, -0.25) is 0 Å². The van der Waals surface area contributed by atoms with Crippen molar-refractivity contribution in [3.63, 3.8) is 0 Å². The lowest BCUT2D eigenvalue weighted by molar-refractivity contribution is 0.154. The number of likely N-dealkylation sites (N-methyl/N-ethyl adjacent to an activating group) is 1. The molecule has 2 heterocycles. The lowest BCUT2D eigenvalue weighted by Crippen LogP contribution is -2.40. The van der Waals surface area contributed by atoms with Gasteiger partial charge in [0.1, 0.15) is 0 Å².